The molecule has 16 heavy (non-hydrogen) atoms. The van der Waals surface area contributed by atoms with Crippen molar-refractivity contribution in [3.8, 4) is 0 Å². The van der Waals surface area contributed by atoms with Gasteiger partial charge in [0.1, 0.15) is 12.4 Å². The van der Waals surface area contributed by atoms with E-state index in [1.807, 2.05) is 0 Å². The third-order valence-electron chi connectivity index (χ3n) is 2.22. The first kappa shape index (κ1) is 13.1. The molecular formula is C11H20N2O2Si. The summed E-state index contributed by atoms with van der Waals surface area (Å²) in [5.74, 6) is -0.0131. The van der Waals surface area contributed by atoms with Crippen LogP contribution in [0.25, 0.3) is 0 Å². The van der Waals surface area contributed by atoms with E-state index in [2.05, 4.69) is 24.7 Å². The lowest BCUT2D eigenvalue weighted by Crippen LogP contribution is -2.22. The third-order valence-corrected chi connectivity index (χ3v) is 3.93. The number of ether oxygens (including phenoxy) is 1. The fourth-order valence-corrected chi connectivity index (χ4v) is 1.91. The topological polar surface area (TPSA) is 44.1 Å². The van der Waals surface area contributed by atoms with Gasteiger partial charge in [-0.25, -0.2) is 4.68 Å². The fraction of sp³-hybridized carbons (Fsp3) is 0.636. The maximum absolute atomic E-state index is 11.0. The molecule has 0 amide bonds. The molecule has 0 aliphatic carbocycles. The van der Waals surface area contributed by atoms with E-state index in [-0.39, 0.29) is 5.78 Å². The van der Waals surface area contributed by atoms with Gasteiger partial charge in [-0.3, -0.25) is 4.79 Å². The number of rotatable bonds is 6. The molecule has 0 bridgehead atoms. The summed E-state index contributed by atoms with van der Waals surface area (Å²) in [7, 11) is -1.02. The first-order valence-corrected chi connectivity index (χ1v) is 9.21. The van der Waals surface area contributed by atoms with Crippen molar-refractivity contribution in [2.45, 2.75) is 39.3 Å². The Morgan fingerprint density at radius 3 is 2.69 bits per heavy atom. The molecule has 1 rings (SSSR count). The summed E-state index contributed by atoms with van der Waals surface area (Å²) in [5.41, 5.74) is 0.494. The Kier molecular flexibility index (Phi) is 4.43. The molecule has 0 saturated heterocycles. The molecule has 0 unspecified atom stereocenters. The lowest BCUT2D eigenvalue weighted by molar-refractivity contribution is 0.0779. The van der Waals surface area contributed by atoms with Crippen LogP contribution in [0.1, 0.15) is 17.4 Å². The van der Waals surface area contributed by atoms with Crippen LogP contribution in [0.15, 0.2) is 12.3 Å². The maximum Gasteiger partial charge on any atom is 0.179 e. The van der Waals surface area contributed by atoms with Gasteiger partial charge in [-0.1, -0.05) is 19.6 Å². The first-order valence-electron chi connectivity index (χ1n) is 5.51. The molecule has 0 fully saturated rings. The van der Waals surface area contributed by atoms with Gasteiger partial charge in [-0.05, 0) is 12.1 Å². The summed E-state index contributed by atoms with van der Waals surface area (Å²) in [4.78, 5) is 11.0. The molecule has 0 saturated carbocycles. The van der Waals surface area contributed by atoms with E-state index in [0.717, 1.165) is 12.7 Å². The van der Waals surface area contributed by atoms with E-state index in [1.54, 1.807) is 16.9 Å². The molecular weight excluding hydrogens is 220 g/mol. The highest BCUT2D eigenvalue weighted by Gasteiger charge is 2.12. The van der Waals surface area contributed by atoms with Crippen molar-refractivity contribution < 1.29 is 9.53 Å². The van der Waals surface area contributed by atoms with Crippen LogP contribution in [0, 0.1) is 0 Å². The zero-order chi connectivity index (χ0) is 12.2. The average Bonchev–Trinajstić information content (AvgIpc) is 2.59. The zero-order valence-electron chi connectivity index (χ0n) is 10.5. The minimum absolute atomic E-state index is 0.0131. The van der Waals surface area contributed by atoms with E-state index in [0.29, 0.717) is 12.4 Å². The largest absolute Gasteiger partial charge is 0.360 e. The molecule has 0 aliphatic rings. The average molecular weight is 240 g/mol. The van der Waals surface area contributed by atoms with Crippen LogP contribution >= 0.6 is 0 Å². The smallest absolute Gasteiger partial charge is 0.179 e. The van der Waals surface area contributed by atoms with Crippen LogP contribution < -0.4 is 0 Å². The van der Waals surface area contributed by atoms with Gasteiger partial charge < -0.3 is 4.74 Å². The Morgan fingerprint density at radius 1 is 1.50 bits per heavy atom. The third kappa shape index (κ3) is 4.72. The van der Waals surface area contributed by atoms with Crippen molar-refractivity contribution in [3.63, 3.8) is 0 Å². The lowest BCUT2D eigenvalue weighted by Gasteiger charge is -2.15. The van der Waals surface area contributed by atoms with Crippen molar-refractivity contribution in [3.05, 3.63) is 18.0 Å². The highest BCUT2D eigenvalue weighted by atomic mass is 28.3. The summed E-state index contributed by atoms with van der Waals surface area (Å²) in [6.07, 6.45) is 1.77. The van der Waals surface area contributed by atoms with Crippen LogP contribution in [-0.2, 0) is 11.5 Å². The standard InChI is InChI=1S/C11H20N2O2Si/c1-10(14)11-5-6-13(12-11)9-15-7-8-16(2,3)4/h5-6H,7-9H2,1-4H3. The molecule has 1 aromatic rings. The highest BCUT2D eigenvalue weighted by molar-refractivity contribution is 6.76. The molecule has 1 aromatic heterocycles. The number of carbonyl (C=O) groups excluding carboxylic acids is 1. The zero-order valence-corrected chi connectivity index (χ0v) is 11.5. The monoisotopic (exact) mass is 240 g/mol. The van der Waals surface area contributed by atoms with Crippen LogP contribution in [0.3, 0.4) is 0 Å². The van der Waals surface area contributed by atoms with Crippen molar-refractivity contribution in [2.75, 3.05) is 6.61 Å². The van der Waals surface area contributed by atoms with Gasteiger partial charge in [0.2, 0.25) is 0 Å². The second-order valence-electron chi connectivity index (χ2n) is 5.14. The molecule has 0 atom stereocenters. The molecule has 0 aliphatic heterocycles. The summed E-state index contributed by atoms with van der Waals surface area (Å²) in [6.45, 7) is 9.66. The Labute approximate surface area is 97.6 Å². The molecule has 0 radical (unpaired) electrons. The first-order chi connectivity index (χ1) is 7.38. The van der Waals surface area contributed by atoms with Crippen molar-refractivity contribution >= 4 is 13.9 Å². The van der Waals surface area contributed by atoms with Crippen LogP contribution in [-0.4, -0.2) is 30.2 Å². The predicted octanol–water partition coefficient (Wildman–Crippen LogP) is 2.40. The van der Waals surface area contributed by atoms with Crippen LogP contribution in [0.4, 0.5) is 0 Å². The van der Waals surface area contributed by atoms with Gasteiger partial charge in [0.15, 0.2) is 5.78 Å². The van der Waals surface area contributed by atoms with E-state index < -0.39 is 8.07 Å². The molecule has 0 spiro atoms. The van der Waals surface area contributed by atoms with Gasteiger partial charge >= 0.3 is 0 Å². The van der Waals surface area contributed by atoms with Crippen molar-refractivity contribution in [1.29, 1.82) is 0 Å². The van der Waals surface area contributed by atoms with Crippen LogP contribution in [0.5, 0.6) is 0 Å². The number of hydrogen-bond donors (Lipinski definition) is 0. The minimum Gasteiger partial charge on any atom is -0.360 e. The molecule has 0 aromatic carbocycles. The second-order valence-corrected chi connectivity index (χ2v) is 10.8. The Hall–Kier alpha value is -0.943. The van der Waals surface area contributed by atoms with E-state index >= 15 is 0 Å². The SMILES string of the molecule is CC(=O)c1ccn(COCC[Si](C)(C)C)n1. The maximum atomic E-state index is 11.0. The minimum atomic E-state index is -1.02. The van der Waals surface area contributed by atoms with Gasteiger partial charge in [-0.2, -0.15) is 5.10 Å². The number of hydrogen-bond acceptors (Lipinski definition) is 3. The van der Waals surface area contributed by atoms with Crippen molar-refractivity contribution in [2.24, 2.45) is 0 Å². The van der Waals surface area contributed by atoms with Crippen molar-refractivity contribution in [1.82, 2.24) is 9.78 Å². The Balaban J connectivity index is 2.30. The van der Waals surface area contributed by atoms with E-state index in [4.69, 9.17) is 4.74 Å². The Bertz CT molecular complexity index is 355. The van der Waals surface area contributed by atoms with Gasteiger partial charge in [0.05, 0.1) is 0 Å². The van der Waals surface area contributed by atoms with Gasteiger partial charge in [-0.15, -0.1) is 0 Å². The lowest BCUT2D eigenvalue weighted by atomic mass is 10.3. The second kappa shape index (κ2) is 5.40. The molecule has 5 heteroatoms. The number of nitrogens with zero attached hydrogens (tertiary/aromatic N) is 2. The highest BCUT2D eigenvalue weighted by Crippen LogP contribution is 2.07. The number of aromatic nitrogens is 2. The normalized spacial score (nSPS) is 11.8. The van der Waals surface area contributed by atoms with E-state index in [1.165, 1.54) is 6.92 Å². The van der Waals surface area contributed by atoms with Crippen LogP contribution in [0.2, 0.25) is 25.7 Å². The van der Waals surface area contributed by atoms with E-state index in [9.17, 15) is 4.79 Å². The molecule has 4 nitrogen and oxygen atoms in total. The quantitative estimate of drug-likeness (QED) is 0.436. The fourth-order valence-electron chi connectivity index (χ4n) is 1.16. The van der Waals surface area contributed by atoms with Gasteiger partial charge in [0.25, 0.3) is 0 Å². The summed E-state index contributed by atoms with van der Waals surface area (Å²) in [5, 5.41) is 4.10. The Morgan fingerprint density at radius 2 is 2.19 bits per heavy atom. The summed E-state index contributed by atoms with van der Waals surface area (Å²) in [6, 6.07) is 2.86. The molecule has 90 valence electrons. The summed E-state index contributed by atoms with van der Waals surface area (Å²) >= 11 is 0. The number of carbonyl (C=O) groups is 1. The predicted molar refractivity (Wildman–Crippen MR) is 66.3 cm³/mol. The number of ketones is 1. The number of Topliss-reactive ketones (excluding diaryl/α,β-unsaturated/α-hetero) is 1. The molecule has 1 heterocycles. The molecule has 0 N–H and O–H groups in total. The van der Waals surface area contributed by atoms with Gasteiger partial charge in [0, 0.05) is 27.8 Å². The summed E-state index contributed by atoms with van der Waals surface area (Å²) < 4.78 is 7.17.